The number of nitrogens with one attached hydrogen (secondary N) is 1. The van der Waals surface area contributed by atoms with Crippen molar-refractivity contribution in [2.24, 2.45) is 12.1 Å². The van der Waals surface area contributed by atoms with Crippen LogP contribution in [0.5, 0.6) is 5.75 Å². The first kappa shape index (κ1) is 18.2. The van der Waals surface area contributed by atoms with Crippen LogP contribution in [0.2, 0.25) is 0 Å². The number of nitrogens with zero attached hydrogens (tertiary/aromatic N) is 4. The lowest BCUT2D eigenvalue weighted by molar-refractivity contribution is -0.384. The highest BCUT2D eigenvalue weighted by Crippen LogP contribution is 2.34. The van der Waals surface area contributed by atoms with E-state index in [9.17, 15) is 10.1 Å². The lowest BCUT2D eigenvalue weighted by Crippen LogP contribution is -1.98. The molecule has 0 saturated carbocycles. The van der Waals surface area contributed by atoms with Crippen LogP contribution < -0.4 is 10.2 Å². The number of aromatic nitrogens is 2. The molecule has 1 N–H and O–H groups in total. The van der Waals surface area contributed by atoms with E-state index in [2.05, 4.69) is 15.5 Å². The Morgan fingerprint density at radius 1 is 1.24 bits per heavy atom. The Bertz CT molecular complexity index is 1220. The Labute approximate surface area is 165 Å². The largest absolute Gasteiger partial charge is 0.496 e. The lowest BCUT2D eigenvalue weighted by Gasteiger charge is -2.05. The van der Waals surface area contributed by atoms with Gasteiger partial charge in [0.15, 0.2) is 0 Å². The molecule has 9 nitrogen and oxygen atoms in total. The van der Waals surface area contributed by atoms with Gasteiger partial charge in [-0.2, -0.15) is 5.10 Å². The Morgan fingerprint density at radius 3 is 2.83 bits per heavy atom. The fraction of sp³-hybridized carbons (Fsp3) is 0.100. The van der Waals surface area contributed by atoms with Crippen molar-refractivity contribution in [3.8, 4) is 17.1 Å². The van der Waals surface area contributed by atoms with Crippen molar-refractivity contribution in [3.63, 3.8) is 0 Å². The molecule has 0 atom stereocenters. The third kappa shape index (κ3) is 3.53. The molecule has 4 aromatic rings. The SMILES string of the molecule is COc1cc([N+](=O)[O-])ccc1-c1ccc(/C=N\Nc2nc3ccccc3n2C)o1. The Kier molecular flexibility index (Phi) is 4.70. The number of nitro groups is 1. The number of hydrogen-bond donors (Lipinski definition) is 1. The van der Waals surface area contributed by atoms with Crippen molar-refractivity contribution in [2.75, 3.05) is 12.5 Å². The van der Waals surface area contributed by atoms with Crippen molar-refractivity contribution < 1.29 is 14.1 Å². The summed E-state index contributed by atoms with van der Waals surface area (Å²) < 4.78 is 12.9. The molecular weight excluding hydrogens is 374 g/mol. The van der Waals surface area contributed by atoms with Crippen molar-refractivity contribution in [2.45, 2.75) is 0 Å². The van der Waals surface area contributed by atoms with Crippen molar-refractivity contribution in [3.05, 3.63) is 70.5 Å². The summed E-state index contributed by atoms with van der Waals surface area (Å²) in [6, 6.07) is 15.6. The number of ether oxygens (including phenoxy) is 1. The summed E-state index contributed by atoms with van der Waals surface area (Å²) >= 11 is 0. The number of para-hydroxylation sites is 2. The minimum atomic E-state index is -0.473. The van der Waals surface area contributed by atoms with Crippen LogP contribution in [0.1, 0.15) is 5.76 Å². The number of nitro benzene ring substituents is 1. The van der Waals surface area contributed by atoms with Gasteiger partial charge < -0.3 is 13.7 Å². The van der Waals surface area contributed by atoms with E-state index in [1.807, 2.05) is 35.9 Å². The second kappa shape index (κ2) is 7.47. The van der Waals surface area contributed by atoms with E-state index in [1.165, 1.54) is 25.5 Å². The fourth-order valence-electron chi connectivity index (χ4n) is 2.96. The number of non-ortho nitro benzene ring substituents is 1. The number of imidazole rings is 1. The predicted molar refractivity (Wildman–Crippen MR) is 109 cm³/mol. The number of rotatable bonds is 6. The number of methoxy groups -OCH3 is 1. The number of hydrogen-bond acceptors (Lipinski definition) is 7. The number of aryl methyl sites for hydroxylation is 1. The van der Waals surface area contributed by atoms with Crippen LogP contribution in [0.15, 0.2) is 64.1 Å². The van der Waals surface area contributed by atoms with Crippen LogP contribution in [0.25, 0.3) is 22.4 Å². The van der Waals surface area contributed by atoms with Gasteiger partial charge in [-0.15, -0.1) is 0 Å². The number of anilines is 1. The van der Waals surface area contributed by atoms with Gasteiger partial charge in [-0.25, -0.2) is 10.4 Å². The van der Waals surface area contributed by atoms with Gasteiger partial charge in [-0.1, -0.05) is 12.1 Å². The van der Waals surface area contributed by atoms with Crippen LogP contribution in [0.3, 0.4) is 0 Å². The fourth-order valence-corrected chi connectivity index (χ4v) is 2.96. The zero-order valence-corrected chi connectivity index (χ0v) is 15.7. The van der Waals surface area contributed by atoms with Crippen LogP contribution in [-0.2, 0) is 7.05 Å². The maximum Gasteiger partial charge on any atom is 0.273 e. The van der Waals surface area contributed by atoms with Gasteiger partial charge in [0.05, 0.1) is 40.9 Å². The number of benzene rings is 2. The summed E-state index contributed by atoms with van der Waals surface area (Å²) in [6.45, 7) is 0. The molecule has 0 spiro atoms. The zero-order chi connectivity index (χ0) is 20.4. The van der Waals surface area contributed by atoms with Gasteiger partial charge >= 0.3 is 0 Å². The molecule has 9 heteroatoms. The number of hydrazone groups is 1. The monoisotopic (exact) mass is 391 g/mol. The highest BCUT2D eigenvalue weighted by atomic mass is 16.6. The van der Waals surface area contributed by atoms with Gasteiger partial charge in [0.25, 0.3) is 5.69 Å². The molecule has 146 valence electrons. The van der Waals surface area contributed by atoms with Crippen molar-refractivity contribution >= 4 is 28.9 Å². The third-order valence-electron chi connectivity index (χ3n) is 4.43. The Hall–Kier alpha value is -4.14. The summed E-state index contributed by atoms with van der Waals surface area (Å²) in [7, 11) is 3.35. The molecule has 2 heterocycles. The number of furan rings is 1. The summed E-state index contributed by atoms with van der Waals surface area (Å²) in [5.74, 6) is 1.98. The molecule has 29 heavy (non-hydrogen) atoms. The second-order valence-corrected chi connectivity index (χ2v) is 6.20. The normalized spacial score (nSPS) is 11.2. The van der Waals surface area contributed by atoms with Crippen LogP contribution >= 0.6 is 0 Å². The van der Waals surface area contributed by atoms with E-state index in [0.29, 0.717) is 28.8 Å². The van der Waals surface area contributed by atoms with E-state index in [1.54, 1.807) is 18.2 Å². The molecule has 2 aromatic heterocycles. The zero-order valence-electron chi connectivity index (χ0n) is 15.7. The Morgan fingerprint density at radius 2 is 2.07 bits per heavy atom. The topological polar surface area (TPSA) is 108 Å². The third-order valence-corrected chi connectivity index (χ3v) is 4.43. The van der Waals surface area contributed by atoms with E-state index in [-0.39, 0.29) is 5.69 Å². The molecule has 0 radical (unpaired) electrons. The average molecular weight is 391 g/mol. The lowest BCUT2D eigenvalue weighted by atomic mass is 10.1. The van der Waals surface area contributed by atoms with Crippen molar-refractivity contribution in [1.29, 1.82) is 0 Å². The highest BCUT2D eigenvalue weighted by Gasteiger charge is 2.15. The molecule has 0 aliphatic heterocycles. The van der Waals surface area contributed by atoms with E-state index < -0.39 is 4.92 Å². The molecule has 0 bridgehead atoms. The summed E-state index contributed by atoms with van der Waals surface area (Å²) in [5.41, 5.74) is 5.34. The molecule has 2 aromatic carbocycles. The maximum absolute atomic E-state index is 10.9. The summed E-state index contributed by atoms with van der Waals surface area (Å²) in [6.07, 6.45) is 1.53. The Balaban J connectivity index is 1.53. The second-order valence-electron chi connectivity index (χ2n) is 6.20. The van der Waals surface area contributed by atoms with Gasteiger partial charge in [-0.3, -0.25) is 10.1 Å². The summed E-state index contributed by atoms with van der Waals surface area (Å²) in [4.78, 5) is 14.9. The van der Waals surface area contributed by atoms with Crippen LogP contribution in [-0.4, -0.2) is 27.8 Å². The van der Waals surface area contributed by atoms with Crippen LogP contribution in [0, 0.1) is 10.1 Å². The molecule has 0 fully saturated rings. The molecule has 0 saturated heterocycles. The number of fused-ring (bicyclic) bond motifs is 1. The van der Waals surface area contributed by atoms with E-state index >= 15 is 0 Å². The standard InChI is InChI=1S/C20H17N5O4/c1-24-17-6-4-3-5-16(17)22-20(24)23-21-12-14-8-10-18(29-14)15-9-7-13(25(26)27)11-19(15)28-2/h3-12H,1-2H3,(H,22,23)/b21-12-. The molecular formula is C20H17N5O4. The maximum atomic E-state index is 10.9. The van der Waals surface area contributed by atoms with E-state index in [0.717, 1.165) is 11.0 Å². The first-order valence-corrected chi connectivity index (χ1v) is 8.70. The summed E-state index contributed by atoms with van der Waals surface area (Å²) in [5, 5.41) is 15.1. The van der Waals surface area contributed by atoms with Gasteiger partial charge in [-0.05, 0) is 30.3 Å². The first-order valence-electron chi connectivity index (χ1n) is 8.70. The first-order chi connectivity index (χ1) is 14.1. The van der Waals surface area contributed by atoms with Crippen molar-refractivity contribution in [1.82, 2.24) is 9.55 Å². The van der Waals surface area contributed by atoms with Gasteiger partial charge in [0, 0.05) is 13.1 Å². The molecule has 0 amide bonds. The average Bonchev–Trinajstić information content (AvgIpc) is 3.33. The quantitative estimate of drug-likeness (QED) is 0.300. The predicted octanol–water partition coefficient (Wildman–Crippen LogP) is 4.20. The highest BCUT2D eigenvalue weighted by molar-refractivity contribution is 5.80. The van der Waals surface area contributed by atoms with E-state index in [4.69, 9.17) is 9.15 Å². The van der Waals surface area contributed by atoms with Crippen LogP contribution in [0.4, 0.5) is 11.6 Å². The molecule has 0 unspecified atom stereocenters. The molecule has 4 rings (SSSR count). The van der Waals surface area contributed by atoms with Gasteiger partial charge in [0.2, 0.25) is 5.95 Å². The smallest absolute Gasteiger partial charge is 0.273 e. The minimum Gasteiger partial charge on any atom is -0.496 e. The minimum absolute atomic E-state index is 0.0504. The molecule has 0 aliphatic carbocycles. The molecule has 0 aliphatic rings. The van der Waals surface area contributed by atoms with Gasteiger partial charge in [0.1, 0.15) is 17.3 Å².